The maximum absolute atomic E-state index is 11.7. The summed E-state index contributed by atoms with van der Waals surface area (Å²) in [6.07, 6.45) is 2.40. The van der Waals surface area contributed by atoms with E-state index in [0.29, 0.717) is 16.5 Å². The van der Waals surface area contributed by atoms with Crippen LogP contribution in [0.4, 0.5) is 5.69 Å². The number of methoxy groups -OCH3 is 1. The highest BCUT2D eigenvalue weighted by Gasteiger charge is 2.16. The van der Waals surface area contributed by atoms with Crippen LogP contribution < -0.4 is 10.6 Å². The predicted molar refractivity (Wildman–Crippen MR) is 76.9 cm³/mol. The van der Waals surface area contributed by atoms with Gasteiger partial charge in [0.2, 0.25) is 0 Å². The monoisotopic (exact) mass is 282 g/mol. The smallest absolute Gasteiger partial charge is 0.339 e. The minimum atomic E-state index is -0.346. The number of hydrogen-bond acceptors (Lipinski definition) is 4. The van der Waals surface area contributed by atoms with E-state index in [2.05, 4.69) is 10.6 Å². The zero-order valence-corrected chi connectivity index (χ0v) is 11.8. The molecule has 1 aliphatic rings. The molecule has 0 spiro atoms. The summed E-state index contributed by atoms with van der Waals surface area (Å²) in [5.41, 5.74) is 1.26. The molecule has 1 unspecified atom stereocenters. The average Bonchev–Trinajstić information content (AvgIpc) is 2.45. The number of carbonyl (C=O) groups is 1. The lowest BCUT2D eigenvalue weighted by atomic mass is 9.99. The Labute approximate surface area is 118 Å². The Morgan fingerprint density at radius 1 is 1.58 bits per heavy atom. The third-order valence-corrected chi connectivity index (χ3v) is 3.60. The van der Waals surface area contributed by atoms with Gasteiger partial charge in [0.25, 0.3) is 0 Å². The molecule has 104 valence electrons. The molecular weight excluding hydrogens is 264 g/mol. The summed E-state index contributed by atoms with van der Waals surface area (Å²) < 4.78 is 4.77. The van der Waals surface area contributed by atoms with Gasteiger partial charge >= 0.3 is 5.97 Å². The molecule has 5 heteroatoms. The van der Waals surface area contributed by atoms with Crippen molar-refractivity contribution in [2.75, 3.05) is 32.1 Å². The maximum Gasteiger partial charge on any atom is 0.339 e. The molecule has 0 radical (unpaired) electrons. The molecule has 0 bridgehead atoms. The van der Waals surface area contributed by atoms with E-state index < -0.39 is 0 Å². The molecule has 1 fully saturated rings. The third-order valence-electron chi connectivity index (χ3n) is 3.37. The lowest BCUT2D eigenvalue weighted by Crippen LogP contribution is -2.33. The summed E-state index contributed by atoms with van der Waals surface area (Å²) in [6.45, 7) is 2.94. The van der Waals surface area contributed by atoms with E-state index >= 15 is 0 Å². The van der Waals surface area contributed by atoms with Gasteiger partial charge in [0.05, 0.1) is 18.4 Å². The van der Waals surface area contributed by atoms with Gasteiger partial charge in [-0.05, 0) is 50.0 Å². The minimum absolute atomic E-state index is 0.346. The average molecular weight is 283 g/mol. The molecule has 1 atom stereocenters. The van der Waals surface area contributed by atoms with Crippen molar-refractivity contribution in [3.05, 3.63) is 28.8 Å². The fourth-order valence-electron chi connectivity index (χ4n) is 2.30. The van der Waals surface area contributed by atoms with Crippen LogP contribution in [0.25, 0.3) is 0 Å². The first-order valence-electron chi connectivity index (χ1n) is 6.53. The summed E-state index contributed by atoms with van der Waals surface area (Å²) in [5.74, 6) is 0.235. The van der Waals surface area contributed by atoms with Crippen molar-refractivity contribution in [2.45, 2.75) is 12.8 Å². The lowest BCUT2D eigenvalue weighted by Gasteiger charge is -2.23. The van der Waals surface area contributed by atoms with Crippen LogP contribution in [-0.4, -0.2) is 32.7 Å². The Morgan fingerprint density at radius 3 is 3.11 bits per heavy atom. The standard InChI is InChI=1S/C14H19ClN2O2/c1-19-14(18)12-5-4-11(15)7-13(12)17-9-10-3-2-6-16-8-10/h4-5,7,10,16-17H,2-3,6,8-9H2,1H3. The Kier molecular flexibility index (Phi) is 5.05. The highest BCUT2D eigenvalue weighted by Crippen LogP contribution is 2.22. The van der Waals surface area contributed by atoms with Crippen LogP contribution in [-0.2, 0) is 4.74 Å². The number of carbonyl (C=O) groups excluding carboxylic acids is 1. The molecule has 1 aromatic rings. The van der Waals surface area contributed by atoms with Crippen molar-refractivity contribution < 1.29 is 9.53 Å². The molecular formula is C14H19ClN2O2. The van der Waals surface area contributed by atoms with E-state index in [-0.39, 0.29) is 5.97 Å². The first kappa shape index (κ1) is 14.2. The molecule has 0 saturated carbocycles. The van der Waals surface area contributed by atoms with Gasteiger partial charge in [-0.25, -0.2) is 4.79 Å². The predicted octanol–water partition coefficient (Wildman–Crippen LogP) is 2.54. The van der Waals surface area contributed by atoms with Crippen molar-refractivity contribution >= 4 is 23.3 Å². The van der Waals surface area contributed by atoms with Gasteiger partial charge in [0, 0.05) is 11.6 Å². The minimum Gasteiger partial charge on any atom is -0.465 e. The molecule has 1 heterocycles. The largest absolute Gasteiger partial charge is 0.465 e. The molecule has 0 aliphatic carbocycles. The number of halogens is 1. The Balaban J connectivity index is 2.05. The van der Waals surface area contributed by atoms with Gasteiger partial charge in [-0.15, -0.1) is 0 Å². The van der Waals surface area contributed by atoms with Gasteiger partial charge in [-0.1, -0.05) is 11.6 Å². The molecule has 1 aromatic carbocycles. The van der Waals surface area contributed by atoms with Crippen LogP contribution in [0, 0.1) is 5.92 Å². The molecule has 1 aliphatic heterocycles. The highest BCUT2D eigenvalue weighted by atomic mass is 35.5. The van der Waals surface area contributed by atoms with Gasteiger partial charge < -0.3 is 15.4 Å². The Hall–Kier alpha value is -1.26. The van der Waals surface area contributed by atoms with Crippen LogP contribution in [0.1, 0.15) is 23.2 Å². The van der Waals surface area contributed by atoms with Crippen molar-refractivity contribution in [3.63, 3.8) is 0 Å². The van der Waals surface area contributed by atoms with Gasteiger partial charge in [0.1, 0.15) is 0 Å². The molecule has 1 saturated heterocycles. The highest BCUT2D eigenvalue weighted by molar-refractivity contribution is 6.31. The first-order valence-corrected chi connectivity index (χ1v) is 6.91. The lowest BCUT2D eigenvalue weighted by molar-refractivity contribution is 0.0602. The van der Waals surface area contributed by atoms with Crippen LogP contribution in [0.2, 0.25) is 5.02 Å². The Morgan fingerprint density at radius 2 is 2.42 bits per heavy atom. The number of rotatable bonds is 4. The molecule has 2 rings (SSSR count). The second kappa shape index (κ2) is 6.78. The SMILES string of the molecule is COC(=O)c1ccc(Cl)cc1NCC1CCCNC1. The molecule has 0 amide bonds. The van der Waals surface area contributed by atoms with Crippen LogP contribution in [0.15, 0.2) is 18.2 Å². The van der Waals surface area contributed by atoms with Gasteiger partial charge in [0.15, 0.2) is 0 Å². The summed E-state index contributed by atoms with van der Waals surface area (Å²) in [4.78, 5) is 11.7. The van der Waals surface area contributed by atoms with E-state index in [4.69, 9.17) is 16.3 Å². The quantitative estimate of drug-likeness (QED) is 0.834. The third kappa shape index (κ3) is 3.85. The summed E-state index contributed by atoms with van der Waals surface area (Å²) >= 11 is 5.98. The van der Waals surface area contributed by atoms with Gasteiger partial charge in [-0.3, -0.25) is 0 Å². The van der Waals surface area contributed by atoms with Gasteiger partial charge in [-0.2, -0.15) is 0 Å². The summed E-state index contributed by atoms with van der Waals surface area (Å²) in [5, 5.41) is 7.30. The fourth-order valence-corrected chi connectivity index (χ4v) is 2.48. The van der Waals surface area contributed by atoms with E-state index in [1.54, 1.807) is 18.2 Å². The molecule has 4 nitrogen and oxygen atoms in total. The number of anilines is 1. The van der Waals surface area contributed by atoms with Crippen LogP contribution >= 0.6 is 11.6 Å². The zero-order valence-electron chi connectivity index (χ0n) is 11.0. The van der Waals surface area contributed by atoms with Crippen molar-refractivity contribution in [1.82, 2.24) is 5.32 Å². The summed E-state index contributed by atoms with van der Waals surface area (Å²) in [6, 6.07) is 5.15. The summed E-state index contributed by atoms with van der Waals surface area (Å²) in [7, 11) is 1.38. The van der Waals surface area contributed by atoms with E-state index in [0.717, 1.165) is 25.3 Å². The maximum atomic E-state index is 11.7. The Bertz CT molecular complexity index is 445. The van der Waals surface area contributed by atoms with E-state index in [9.17, 15) is 4.79 Å². The fraction of sp³-hybridized carbons (Fsp3) is 0.500. The van der Waals surface area contributed by atoms with Crippen LogP contribution in [0.5, 0.6) is 0 Å². The van der Waals surface area contributed by atoms with Crippen molar-refractivity contribution in [2.24, 2.45) is 5.92 Å². The topological polar surface area (TPSA) is 50.4 Å². The number of hydrogen-bond donors (Lipinski definition) is 2. The first-order chi connectivity index (χ1) is 9.20. The van der Waals surface area contributed by atoms with E-state index in [1.807, 2.05) is 0 Å². The molecule has 19 heavy (non-hydrogen) atoms. The molecule has 2 N–H and O–H groups in total. The second-order valence-electron chi connectivity index (χ2n) is 4.77. The van der Waals surface area contributed by atoms with Crippen molar-refractivity contribution in [1.29, 1.82) is 0 Å². The number of piperidine rings is 1. The number of benzene rings is 1. The van der Waals surface area contributed by atoms with E-state index in [1.165, 1.54) is 20.0 Å². The zero-order chi connectivity index (χ0) is 13.7. The number of ether oxygens (including phenoxy) is 1. The van der Waals surface area contributed by atoms with Crippen LogP contribution in [0.3, 0.4) is 0 Å². The molecule has 0 aromatic heterocycles. The number of esters is 1. The second-order valence-corrected chi connectivity index (χ2v) is 5.21. The number of nitrogens with one attached hydrogen (secondary N) is 2. The normalized spacial score (nSPS) is 18.9. The van der Waals surface area contributed by atoms with Crippen molar-refractivity contribution in [3.8, 4) is 0 Å².